The maximum Gasteiger partial charge on any atom is 0.141 e. The zero-order valence-electron chi connectivity index (χ0n) is 9.89. The van der Waals surface area contributed by atoms with Gasteiger partial charge in [0.05, 0.1) is 12.8 Å². The Labute approximate surface area is 119 Å². The van der Waals surface area contributed by atoms with Crippen LogP contribution in [0.5, 0.6) is 5.75 Å². The molecule has 0 fully saturated rings. The molecule has 94 valence electrons. The predicted molar refractivity (Wildman–Crippen MR) is 78.9 cm³/mol. The second-order valence-corrected chi connectivity index (χ2v) is 5.47. The second-order valence-electron chi connectivity index (χ2n) is 3.66. The van der Waals surface area contributed by atoms with Gasteiger partial charge in [-0.1, -0.05) is 6.07 Å². The van der Waals surface area contributed by atoms with Crippen molar-refractivity contribution in [3.63, 3.8) is 0 Å². The lowest BCUT2D eigenvalue weighted by Gasteiger charge is -2.07. The summed E-state index contributed by atoms with van der Waals surface area (Å²) in [5, 5.41) is 0.979. The van der Waals surface area contributed by atoms with Crippen LogP contribution >= 0.6 is 27.7 Å². The number of nitrogens with zero attached hydrogens (tertiary/aromatic N) is 1. The number of ether oxygens (including phenoxy) is 1. The minimum atomic E-state index is 0.663. The van der Waals surface area contributed by atoms with Gasteiger partial charge in [-0.25, -0.2) is 4.98 Å². The zero-order chi connectivity index (χ0) is 13.0. The lowest BCUT2D eigenvalue weighted by molar-refractivity contribution is 0.417. The molecule has 18 heavy (non-hydrogen) atoms. The first-order valence-corrected chi connectivity index (χ1v) is 7.14. The van der Waals surface area contributed by atoms with Crippen LogP contribution in [0.25, 0.3) is 0 Å². The molecule has 2 N–H and O–H groups in total. The largest absolute Gasteiger partial charge is 0.495 e. The highest BCUT2D eigenvalue weighted by atomic mass is 79.9. The predicted octanol–water partition coefficient (Wildman–Crippen LogP) is 3.73. The molecule has 0 spiro atoms. The van der Waals surface area contributed by atoms with E-state index in [9.17, 15) is 0 Å². The summed E-state index contributed by atoms with van der Waals surface area (Å²) < 4.78 is 6.14. The number of thioether (sulfide) groups is 1. The number of methoxy groups -OCH3 is 1. The van der Waals surface area contributed by atoms with E-state index in [1.807, 2.05) is 30.3 Å². The van der Waals surface area contributed by atoms with Gasteiger partial charge in [-0.3, -0.25) is 0 Å². The van der Waals surface area contributed by atoms with Crippen molar-refractivity contribution in [1.29, 1.82) is 0 Å². The van der Waals surface area contributed by atoms with Gasteiger partial charge < -0.3 is 10.5 Å². The van der Waals surface area contributed by atoms with Gasteiger partial charge in [0.2, 0.25) is 0 Å². The molecule has 0 bridgehead atoms. The van der Waals surface area contributed by atoms with Crippen LogP contribution in [0.1, 0.15) is 5.56 Å². The van der Waals surface area contributed by atoms with Crippen LogP contribution in [0.2, 0.25) is 0 Å². The Bertz CT molecular complexity index is 548. The molecule has 0 saturated carbocycles. The van der Waals surface area contributed by atoms with E-state index in [2.05, 4.69) is 20.9 Å². The highest BCUT2D eigenvalue weighted by Crippen LogP contribution is 2.29. The molecule has 1 aromatic heterocycles. The fourth-order valence-electron chi connectivity index (χ4n) is 1.50. The second kappa shape index (κ2) is 6.11. The molecule has 2 aromatic rings. The molecular weight excluding hydrogens is 312 g/mol. The third-order valence-corrected chi connectivity index (χ3v) is 4.37. The third kappa shape index (κ3) is 3.17. The average Bonchev–Trinajstić information content (AvgIpc) is 2.38. The van der Waals surface area contributed by atoms with Gasteiger partial charge in [0.1, 0.15) is 10.8 Å². The summed E-state index contributed by atoms with van der Waals surface area (Å²) in [6.45, 7) is 0. The highest BCUT2D eigenvalue weighted by molar-refractivity contribution is 9.10. The van der Waals surface area contributed by atoms with Gasteiger partial charge in [0.25, 0.3) is 0 Å². The fraction of sp³-hybridized carbons (Fsp3) is 0.154. The first-order valence-electron chi connectivity index (χ1n) is 5.36. The van der Waals surface area contributed by atoms with Crippen molar-refractivity contribution in [3.8, 4) is 5.75 Å². The van der Waals surface area contributed by atoms with E-state index in [0.717, 1.165) is 20.8 Å². The molecule has 1 heterocycles. The van der Waals surface area contributed by atoms with E-state index >= 15 is 0 Å². The van der Waals surface area contributed by atoms with Gasteiger partial charge in [-0.15, -0.1) is 11.8 Å². The average molecular weight is 325 g/mol. The number of rotatable bonds is 4. The molecular formula is C13H13BrN2OS. The van der Waals surface area contributed by atoms with E-state index in [4.69, 9.17) is 10.5 Å². The molecule has 0 saturated heterocycles. The van der Waals surface area contributed by atoms with E-state index in [0.29, 0.717) is 11.4 Å². The van der Waals surface area contributed by atoms with Crippen LogP contribution in [0.3, 0.4) is 0 Å². The number of hydrogen-bond donors (Lipinski definition) is 1. The summed E-state index contributed by atoms with van der Waals surface area (Å²) in [7, 11) is 1.62. The van der Waals surface area contributed by atoms with Crippen molar-refractivity contribution < 1.29 is 4.74 Å². The number of halogens is 1. The first-order chi connectivity index (χ1) is 8.70. The summed E-state index contributed by atoms with van der Waals surface area (Å²) in [5.41, 5.74) is 7.68. The Kier molecular flexibility index (Phi) is 4.49. The van der Waals surface area contributed by atoms with Gasteiger partial charge >= 0.3 is 0 Å². The Morgan fingerprint density at radius 3 is 2.89 bits per heavy atom. The van der Waals surface area contributed by atoms with Crippen molar-refractivity contribution in [1.82, 2.24) is 4.98 Å². The lowest BCUT2D eigenvalue weighted by atomic mass is 10.2. The van der Waals surface area contributed by atoms with Crippen LogP contribution in [0.15, 0.2) is 46.0 Å². The Morgan fingerprint density at radius 2 is 2.22 bits per heavy atom. The van der Waals surface area contributed by atoms with E-state index in [1.54, 1.807) is 25.1 Å². The number of nitrogens with two attached hydrogens (primary N) is 1. The highest BCUT2D eigenvalue weighted by Gasteiger charge is 2.04. The molecule has 1 aromatic carbocycles. The van der Waals surface area contributed by atoms with Gasteiger partial charge in [0, 0.05) is 16.4 Å². The van der Waals surface area contributed by atoms with E-state index in [-0.39, 0.29) is 0 Å². The van der Waals surface area contributed by atoms with Crippen molar-refractivity contribution in [2.75, 3.05) is 12.8 Å². The summed E-state index contributed by atoms with van der Waals surface area (Å²) in [6.07, 6.45) is 1.79. The Hall–Kier alpha value is -1.20. The normalized spacial score (nSPS) is 10.3. The van der Waals surface area contributed by atoms with Crippen LogP contribution in [0.4, 0.5) is 5.69 Å². The molecule has 0 radical (unpaired) electrons. The molecule has 0 unspecified atom stereocenters. The van der Waals surface area contributed by atoms with Gasteiger partial charge in [-0.2, -0.15) is 0 Å². The van der Waals surface area contributed by atoms with E-state index < -0.39 is 0 Å². The molecule has 0 aliphatic heterocycles. The Morgan fingerprint density at radius 1 is 1.39 bits per heavy atom. The topological polar surface area (TPSA) is 48.1 Å². The van der Waals surface area contributed by atoms with E-state index in [1.165, 1.54) is 0 Å². The molecule has 0 atom stereocenters. The first kappa shape index (κ1) is 13.2. The number of anilines is 1. The maximum atomic E-state index is 5.87. The number of aromatic nitrogens is 1. The zero-order valence-corrected chi connectivity index (χ0v) is 12.3. The third-order valence-electron chi connectivity index (χ3n) is 2.39. The minimum absolute atomic E-state index is 0.663. The Balaban J connectivity index is 2.07. The van der Waals surface area contributed by atoms with Crippen molar-refractivity contribution in [2.24, 2.45) is 0 Å². The summed E-state index contributed by atoms with van der Waals surface area (Å²) >= 11 is 5.15. The van der Waals surface area contributed by atoms with Gasteiger partial charge in [-0.05, 0) is 45.8 Å². The minimum Gasteiger partial charge on any atom is -0.495 e. The van der Waals surface area contributed by atoms with Crippen LogP contribution in [-0.2, 0) is 5.75 Å². The smallest absolute Gasteiger partial charge is 0.141 e. The molecule has 2 rings (SSSR count). The number of nitrogen functional groups attached to an aromatic ring is 1. The van der Waals surface area contributed by atoms with Crippen LogP contribution in [-0.4, -0.2) is 12.1 Å². The number of benzene rings is 1. The SMILES string of the molecule is COc1ccc(CSc2ncccc2Br)cc1N. The van der Waals surface area contributed by atoms with Crippen molar-refractivity contribution >= 4 is 33.4 Å². The quantitative estimate of drug-likeness (QED) is 0.687. The van der Waals surface area contributed by atoms with Crippen molar-refractivity contribution in [2.45, 2.75) is 10.8 Å². The lowest BCUT2D eigenvalue weighted by Crippen LogP contribution is -1.93. The summed E-state index contributed by atoms with van der Waals surface area (Å²) in [5.74, 6) is 1.53. The molecule has 5 heteroatoms. The fourth-order valence-corrected chi connectivity index (χ4v) is 2.93. The maximum absolute atomic E-state index is 5.87. The standard InChI is InChI=1S/C13H13BrN2OS/c1-17-12-5-4-9(7-11(12)15)8-18-13-10(14)3-2-6-16-13/h2-7H,8,15H2,1H3. The molecule has 0 aliphatic rings. The van der Waals surface area contributed by atoms with Crippen molar-refractivity contribution in [3.05, 3.63) is 46.6 Å². The molecule has 3 nitrogen and oxygen atoms in total. The monoisotopic (exact) mass is 324 g/mol. The van der Waals surface area contributed by atoms with Gasteiger partial charge in [0.15, 0.2) is 0 Å². The number of pyridine rings is 1. The molecule has 0 amide bonds. The van der Waals surface area contributed by atoms with Crippen LogP contribution < -0.4 is 10.5 Å². The van der Waals surface area contributed by atoms with Crippen LogP contribution in [0, 0.1) is 0 Å². The summed E-state index contributed by atoms with van der Waals surface area (Å²) in [6, 6.07) is 9.72. The summed E-state index contributed by atoms with van der Waals surface area (Å²) in [4.78, 5) is 4.31. The number of hydrogen-bond acceptors (Lipinski definition) is 4. The molecule has 0 aliphatic carbocycles.